The first kappa shape index (κ1) is 24.1. The number of carboxylic acids is 1. The van der Waals surface area contributed by atoms with Crippen molar-refractivity contribution in [3.8, 4) is 11.3 Å². The number of aliphatic hydroxyl groups excluding tert-OH is 2. The van der Waals surface area contributed by atoms with Crippen LogP contribution in [0, 0.1) is 5.92 Å². The van der Waals surface area contributed by atoms with Crippen LogP contribution in [0.15, 0.2) is 54.7 Å². The topological polar surface area (TPSA) is 189 Å². The van der Waals surface area contributed by atoms with Gasteiger partial charge < -0.3 is 20.6 Å². The fourth-order valence-electron chi connectivity index (χ4n) is 4.58. The molecule has 0 saturated heterocycles. The first-order valence-corrected chi connectivity index (χ1v) is 12.5. The average Bonchev–Trinajstić information content (AvgIpc) is 3.39. The fraction of sp³-hybridized carbons (Fsp3) is 0.261. The summed E-state index contributed by atoms with van der Waals surface area (Å²) in [4.78, 5) is 15.7. The number of hydrogen-bond acceptors (Lipinski definition) is 9. The summed E-state index contributed by atoms with van der Waals surface area (Å²) >= 11 is 0. The Balaban J connectivity index is 1.45. The highest BCUT2D eigenvalue weighted by Crippen LogP contribution is 2.32. The van der Waals surface area contributed by atoms with E-state index in [2.05, 4.69) is 19.6 Å². The Morgan fingerprint density at radius 2 is 1.97 bits per heavy atom. The number of carbonyl (C=O) groups is 1. The molecule has 2 heterocycles. The highest BCUT2D eigenvalue weighted by molar-refractivity contribution is 7.84. The van der Waals surface area contributed by atoms with Crippen LogP contribution in [0.2, 0.25) is 0 Å². The predicted octanol–water partition coefficient (Wildman–Crippen LogP) is 0.990. The molecule has 2 aromatic carbocycles. The Bertz CT molecular complexity index is 1570. The minimum atomic E-state index is -4.17. The molecule has 5 rings (SSSR count). The van der Waals surface area contributed by atoms with Crippen LogP contribution in [0.4, 0.5) is 5.82 Å². The zero-order valence-corrected chi connectivity index (χ0v) is 19.5. The van der Waals surface area contributed by atoms with Crippen molar-refractivity contribution >= 4 is 38.5 Å². The maximum absolute atomic E-state index is 11.3. The second-order valence-corrected chi connectivity index (χ2v) is 9.90. The highest BCUT2D eigenvalue weighted by atomic mass is 32.2. The molecule has 36 heavy (non-hydrogen) atoms. The van der Waals surface area contributed by atoms with Crippen LogP contribution in [-0.2, 0) is 14.5 Å². The molecule has 0 spiro atoms. The van der Waals surface area contributed by atoms with Gasteiger partial charge in [-0.15, -0.1) is 0 Å². The molecule has 4 unspecified atom stereocenters. The van der Waals surface area contributed by atoms with E-state index >= 15 is 0 Å². The van der Waals surface area contributed by atoms with Gasteiger partial charge in [-0.05, 0) is 35.4 Å². The monoisotopic (exact) mass is 513 g/mol. The summed E-state index contributed by atoms with van der Waals surface area (Å²) in [6, 6.07) is 13.3. The number of aromatic nitrogens is 3. The first-order chi connectivity index (χ1) is 17.1. The van der Waals surface area contributed by atoms with Gasteiger partial charge in [0.05, 0.1) is 30.0 Å². The third-order valence-corrected chi connectivity index (χ3v) is 6.81. The lowest BCUT2D eigenvalue weighted by Crippen LogP contribution is -2.36. The molecule has 13 heteroatoms. The van der Waals surface area contributed by atoms with E-state index in [1.807, 2.05) is 18.2 Å². The van der Waals surface area contributed by atoms with Crippen molar-refractivity contribution in [1.29, 1.82) is 0 Å². The van der Waals surface area contributed by atoms with Crippen molar-refractivity contribution < 1.29 is 32.7 Å². The molecule has 4 atom stereocenters. The summed E-state index contributed by atoms with van der Waals surface area (Å²) in [5, 5.41) is 44.4. The van der Waals surface area contributed by atoms with Crippen LogP contribution in [0.3, 0.4) is 0 Å². The van der Waals surface area contributed by atoms with Crippen LogP contribution >= 0.6 is 0 Å². The molecule has 6 N–H and O–H groups in total. The Hall–Kier alpha value is -3.62. The zero-order valence-electron chi connectivity index (χ0n) is 18.7. The molecule has 0 bridgehead atoms. The Morgan fingerprint density at radius 3 is 2.72 bits per heavy atom. The fourth-order valence-corrected chi connectivity index (χ4v) is 4.95. The molecule has 1 saturated carbocycles. The van der Waals surface area contributed by atoms with Gasteiger partial charge in [-0.1, -0.05) is 24.3 Å². The largest absolute Gasteiger partial charge is 0.478 e. The van der Waals surface area contributed by atoms with E-state index in [0.29, 0.717) is 17.2 Å². The van der Waals surface area contributed by atoms with Gasteiger partial charge in [-0.25, -0.2) is 14.9 Å². The number of hydrogen-bond donors (Lipinski definition) is 5. The van der Waals surface area contributed by atoms with E-state index in [0.717, 1.165) is 16.3 Å². The molecule has 12 nitrogen and oxygen atoms in total. The minimum Gasteiger partial charge on any atom is -0.478 e. The highest BCUT2D eigenvalue weighted by Gasteiger charge is 2.42. The number of nitrogens with two attached hydrogens (primary N) is 1. The number of nitrogens with zero attached hydrogens (tertiary/aromatic N) is 3. The molecular formula is C23H23N5O7S. The second kappa shape index (κ2) is 9.11. The normalized spacial score (nSPS) is 22.3. The van der Waals surface area contributed by atoms with Crippen LogP contribution in [-0.4, -0.2) is 69.2 Å². The molecular weight excluding hydrogens is 490 g/mol. The zero-order chi connectivity index (χ0) is 25.6. The summed E-state index contributed by atoms with van der Waals surface area (Å²) in [6.07, 6.45) is -0.588. The maximum atomic E-state index is 11.3. The number of anilines is 1. The SMILES string of the molecule is NS(=O)(=O)OCC1CC(Nc2ccnc3cc(-c4cccc5cc(C(=O)O)ccc45)nn23)C(O)C1O. The van der Waals surface area contributed by atoms with Crippen molar-refractivity contribution in [2.45, 2.75) is 24.7 Å². The molecule has 2 aromatic heterocycles. The predicted molar refractivity (Wildman–Crippen MR) is 129 cm³/mol. The number of aliphatic hydroxyl groups is 2. The van der Waals surface area contributed by atoms with Crippen LogP contribution in [0.1, 0.15) is 16.8 Å². The van der Waals surface area contributed by atoms with Gasteiger partial charge in [0.1, 0.15) is 11.9 Å². The van der Waals surface area contributed by atoms with Crippen molar-refractivity contribution in [3.05, 3.63) is 60.3 Å². The van der Waals surface area contributed by atoms with Gasteiger partial charge in [0.25, 0.3) is 0 Å². The van der Waals surface area contributed by atoms with Crippen molar-refractivity contribution in [2.24, 2.45) is 11.1 Å². The van der Waals surface area contributed by atoms with Crippen LogP contribution < -0.4 is 10.5 Å². The Morgan fingerprint density at radius 1 is 1.17 bits per heavy atom. The van der Waals surface area contributed by atoms with E-state index < -0.39 is 40.4 Å². The summed E-state index contributed by atoms with van der Waals surface area (Å²) in [5.74, 6) is -1.15. The van der Waals surface area contributed by atoms with Gasteiger partial charge in [-0.3, -0.25) is 4.18 Å². The third-order valence-electron chi connectivity index (χ3n) is 6.34. The van der Waals surface area contributed by atoms with Gasteiger partial charge >= 0.3 is 16.3 Å². The lowest BCUT2D eigenvalue weighted by atomic mass is 10.0. The summed E-state index contributed by atoms with van der Waals surface area (Å²) in [5.41, 5.74) is 2.11. The number of carboxylic acid groups (broad SMARTS) is 1. The number of fused-ring (bicyclic) bond motifs is 2. The molecule has 0 amide bonds. The van der Waals surface area contributed by atoms with Gasteiger partial charge in [0.15, 0.2) is 5.65 Å². The lowest BCUT2D eigenvalue weighted by molar-refractivity contribution is 0.00777. The molecule has 188 valence electrons. The molecule has 0 aliphatic heterocycles. The standard InChI is InChI=1S/C23H23N5O7S/c24-36(33,34)35-11-14-9-18(22(30)21(14)29)26-19-6-7-25-20-10-17(27-28(19)20)16-3-1-2-12-8-13(23(31)32)4-5-15(12)16/h1-8,10,14,18,21-22,26,29-30H,9,11H2,(H,31,32)(H2,24,33,34). The minimum absolute atomic E-state index is 0.188. The summed E-state index contributed by atoms with van der Waals surface area (Å²) in [6.45, 7) is -0.350. The van der Waals surface area contributed by atoms with Crippen LogP contribution in [0.25, 0.3) is 27.7 Å². The average molecular weight is 514 g/mol. The number of rotatable bonds is 7. The summed E-state index contributed by atoms with van der Waals surface area (Å²) < 4.78 is 28.3. The van der Waals surface area contributed by atoms with Crippen molar-refractivity contribution in [1.82, 2.24) is 14.6 Å². The van der Waals surface area contributed by atoms with Crippen molar-refractivity contribution in [3.63, 3.8) is 0 Å². The molecule has 1 aliphatic rings. The number of aromatic carboxylic acids is 1. The van der Waals surface area contributed by atoms with Gasteiger partial charge in [0, 0.05) is 23.7 Å². The van der Waals surface area contributed by atoms with E-state index in [1.165, 1.54) is 6.07 Å². The Labute approximate surface area is 205 Å². The van der Waals surface area contributed by atoms with E-state index in [-0.39, 0.29) is 18.6 Å². The van der Waals surface area contributed by atoms with E-state index in [1.54, 1.807) is 35.0 Å². The van der Waals surface area contributed by atoms with E-state index in [4.69, 9.17) is 5.14 Å². The smallest absolute Gasteiger partial charge is 0.335 e. The summed E-state index contributed by atoms with van der Waals surface area (Å²) in [7, 11) is -4.17. The quantitative estimate of drug-likeness (QED) is 0.238. The molecule has 0 radical (unpaired) electrons. The Kier molecular flexibility index (Phi) is 6.10. The molecule has 4 aromatic rings. The number of nitrogens with one attached hydrogen (secondary N) is 1. The van der Waals surface area contributed by atoms with Gasteiger partial charge in [-0.2, -0.15) is 18.0 Å². The molecule has 1 aliphatic carbocycles. The second-order valence-electron chi connectivity index (χ2n) is 8.68. The maximum Gasteiger partial charge on any atom is 0.335 e. The number of benzene rings is 2. The van der Waals surface area contributed by atoms with Crippen LogP contribution in [0.5, 0.6) is 0 Å². The molecule has 1 fully saturated rings. The van der Waals surface area contributed by atoms with E-state index in [9.17, 15) is 28.5 Å². The lowest BCUT2D eigenvalue weighted by Gasteiger charge is -2.19. The third kappa shape index (κ3) is 4.62. The van der Waals surface area contributed by atoms with Gasteiger partial charge in [0.2, 0.25) is 0 Å². The first-order valence-electron chi connectivity index (χ1n) is 11.0. The van der Waals surface area contributed by atoms with Crippen molar-refractivity contribution in [2.75, 3.05) is 11.9 Å².